The number of fused-ring (bicyclic) bond motifs is 2. The molecule has 34 nitrogen and oxygen atoms in total. The van der Waals surface area contributed by atoms with Crippen LogP contribution in [0.15, 0.2) is 189 Å². The van der Waals surface area contributed by atoms with Crippen molar-refractivity contribution in [2.24, 2.45) is 10.8 Å². The summed E-state index contributed by atoms with van der Waals surface area (Å²) < 4.78 is 75.1. The smallest absolute Gasteiger partial charge is 0.273 e. The Morgan fingerprint density at radius 3 is 1.21 bits per heavy atom. The molecule has 6 aliphatic heterocycles. The highest BCUT2D eigenvalue weighted by Gasteiger charge is 2.49. The summed E-state index contributed by atoms with van der Waals surface area (Å²) >= 11 is 1.73. The third kappa shape index (κ3) is 22.3. The minimum atomic E-state index is -4.52. The minimum Gasteiger partial charge on any atom is -0.487 e. The molecule has 10 N–H and O–H groups in total. The molecule has 38 heteroatoms. The molecule has 10 aromatic rings. The Morgan fingerprint density at radius 1 is 0.484 bits per heavy atom. The normalized spacial score (nSPS) is 20.6. The molecule has 2 fully saturated rings. The Kier molecular flexibility index (Phi) is 28.3. The number of ether oxygens (including phenoxy) is 2. The lowest BCUT2D eigenvalue weighted by Crippen LogP contribution is -2.61. The van der Waals surface area contributed by atoms with Crippen molar-refractivity contribution in [1.29, 1.82) is 0 Å². The summed E-state index contributed by atoms with van der Waals surface area (Å²) in [5.74, 6) is -7.38. The second-order valence-corrected chi connectivity index (χ2v) is 39.6. The van der Waals surface area contributed by atoms with E-state index >= 15 is 28.8 Å². The van der Waals surface area contributed by atoms with Crippen LogP contribution in [-0.2, 0) is 107 Å². The van der Waals surface area contributed by atoms with Gasteiger partial charge in [-0.05, 0) is 130 Å². The van der Waals surface area contributed by atoms with E-state index in [0.29, 0.717) is 22.3 Å². The largest absolute Gasteiger partial charge is 0.487 e. The number of rotatable bonds is 18. The van der Waals surface area contributed by atoms with Crippen LogP contribution < -0.4 is 61.5 Å². The predicted molar refractivity (Wildman–Crippen MR) is 469 cm³/mol. The number of amides is 10. The third-order valence-corrected chi connectivity index (χ3v) is 28.1. The number of sulfonamides is 2. The number of carbonyl (C=O) groups is 10. The highest BCUT2D eigenvalue weighted by molar-refractivity contribution is 7.92. The Morgan fingerprint density at radius 2 is 0.857 bits per heavy atom. The molecule has 6 aromatic carbocycles. The predicted octanol–water partition coefficient (Wildman–Crippen LogP) is 5.25. The van der Waals surface area contributed by atoms with Crippen molar-refractivity contribution in [3.05, 3.63) is 215 Å². The van der Waals surface area contributed by atoms with Crippen LogP contribution in [-0.4, -0.2) is 203 Å². The van der Waals surface area contributed by atoms with Crippen molar-refractivity contribution < 1.29 is 74.3 Å². The number of likely N-dealkylation sites (N-methyl/N-ethyl adjacent to an activating group) is 2. The van der Waals surface area contributed by atoms with E-state index in [1.807, 2.05) is 72.8 Å². The van der Waals surface area contributed by atoms with Crippen molar-refractivity contribution >= 4 is 123 Å². The van der Waals surface area contributed by atoms with Crippen molar-refractivity contribution in [1.82, 2.24) is 91.8 Å². The van der Waals surface area contributed by atoms with Crippen LogP contribution in [0.4, 0.5) is 0 Å². The Labute approximate surface area is 736 Å². The Balaban J connectivity index is 0.870. The van der Waals surface area contributed by atoms with Gasteiger partial charge in [0.05, 0.1) is 36.6 Å². The molecule has 12 atom stereocenters. The van der Waals surface area contributed by atoms with Crippen molar-refractivity contribution in [3.8, 4) is 11.5 Å². The maximum Gasteiger partial charge on any atom is 0.273 e. The summed E-state index contributed by atoms with van der Waals surface area (Å²) in [7, 11) is -5.85. The highest BCUT2D eigenvalue weighted by Crippen LogP contribution is 2.35. The van der Waals surface area contributed by atoms with Crippen molar-refractivity contribution in [2.75, 3.05) is 27.2 Å². The molecule has 10 heterocycles. The highest BCUT2D eigenvalue weighted by atomic mass is 32.3. The second-order valence-electron chi connectivity index (χ2n) is 33.9. The molecule has 10 amide bonds. The zero-order valence-corrected chi connectivity index (χ0v) is 74.3. The van der Waals surface area contributed by atoms with E-state index in [1.54, 1.807) is 143 Å². The molecular formula is C88H102N18O16S4. The third-order valence-electron chi connectivity index (χ3n) is 22.6. The summed E-state index contributed by atoms with van der Waals surface area (Å²) in [6.07, 6.45) is 1.90. The number of hydrogen-bond acceptors (Lipinski definition) is 24. The number of nitrogens with zero attached hydrogens (tertiary/aromatic N) is 8. The molecule has 0 unspecified atom stereocenters. The topological polar surface area (TPSA) is 446 Å². The molecule has 4 aromatic heterocycles. The summed E-state index contributed by atoms with van der Waals surface area (Å²) in [6.45, 7) is 13.1. The minimum absolute atomic E-state index is 0.115. The van der Waals surface area contributed by atoms with Crippen LogP contribution in [0.1, 0.15) is 114 Å². The number of thiophene rings is 2. The van der Waals surface area contributed by atoms with Crippen LogP contribution >= 0.6 is 22.7 Å². The molecule has 0 saturated carbocycles. The van der Waals surface area contributed by atoms with Crippen LogP contribution in [0.2, 0.25) is 0 Å². The number of aromatic nitrogens is 6. The quantitative estimate of drug-likeness (QED) is 0.0524. The van der Waals surface area contributed by atoms with E-state index in [9.17, 15) is 36.0 Å². The van der Waals surface area contributed by atoms with Gasteiger partial charge in [-0.15, -0.1) is 32.9 Å². The van der Waals surface area contributed by atoms with Gasteiger partial charge in [0.15, 0.2) is 0 Å². The number of likely N-dealkylation sites (tertiary alicyclic amines) is 2. The fourth-order valence-electron chi connectivity index (χ4n) is 15.2. The average Bonchev–Trinajstić information content (AvgIpc) is 1.63. The standard InChI is InChI=1S/C88H102N18O16S4/c1-51(89-9)77(107)95-75(87(3,4)5)85(115)103-47-63-43-71(103)83(113)93-67(41-55-23-29-57-17-11-13-19-59(57)37-55)79(109)91-69(81(111)99-125(117,118)73-21-15-35-123-73)39-53-27-33-66(34-28-53)122-50-62-46-106(102-98-62)64-44-72(104(48-64)86(116)76(88(6,7)8)96-78(108)52(2)90-10)84(114)94-68(42-56-24-30-58-18-12-14-20-60(58)38-56)80(110)92-70(82(112)100-126(119,120)74-22-16-36-124-74)40-54-25-31-65(32-26-54)121-49-61-45-105(63)101-97-61/h11-38,45-46,51-52,63-64,67-72,75-76,89-90H,39-44,47-50H2,1-10H3,(H,91,109)(H,92,110)(H,93,113)(H,94,114)(H,95,107)(H,96,108)(H,99,111)(H,100,112)/t51-,52-,63-,64-,67-,68-,69-,70-,71-,72-,75+,76+/m0/s1. The first-order valence-electron chi connectivity index (χ1n) is 41.2. The van der Waals surface area contributed by atoms with Gasteiger partial charge in [0, 0.05) is 51.6 Å². The van der Waals surface area contributed by atoms with E-state index in [-0.39, 0.29) is 96.1 Å². The molecule has 664 valence electrons. The number of hydrogen-bond donors (Lipinski definition) is 10. The van der Waals surface area contributed by atoms with E-state index in [4.69, 9.17) is 9.47 Å². The summed E-state index contributed by atoms with van der Waals surface area (Å²) in [6, 6.07) is 29.7. The lowest BCUT2D eigenvalue weighted by molar-refractivity contribution is -0.144. The first-order valence-corrected chi connectivity index (χ1v) is 45.9. The van der Waals surface area contributed by atoms with Gasteiger partial charge in [-0.2, -0.15) is 0 Å². The molecule has 12 bridgehead atoms. The number of nitrogens with one attached hydrogen (secondary N) is 10. The Bertz CT molecular complexity index is 5540. The summed E-state index contributed by atoms with van der Waals surface area (Å²) in [5.41, 5.74) is 0.620. The van der Waals surface area contributed by atoms with E-state index in [1.165, 1.54) is 54.2 Å². The van der Waals surface area contributed by atoms with Crippen LogP contribution in [0.25, 0.3) is 21.5 Å². The fraction of sp³-hybridized carbons (Fsp3) is 0.386. The Hall–Kier alpha value is -12.4. The molecule has 0 aliphatic carbocycles. The number of carbonyl (C=O) groups excluding carboxylic acids is 10. The van der Waals surface area contributed by atoms with Gasteiger partial charge >= 0.3 is 0 Å². The fourth-order valence-corrected chi connectivity index (χ4v) is 19.3. The molecule has 6 aliphatic rings. The van der Waals surface area contributed by atoms with Gasteiger partial charge in [-0.3, -0.25) is 47.9 Å². The van der Waals surface area contributed by atoms with Gasteiger partial charge in [-0.25, -0.2) is 35.6 Å². The van der Waals surface area contributed by atoms with Crippen LogP contribution in [0.3, 0.4) is 0 Å². The van der Waals surface area contributed by atoms with Gasteiger partial charge < -0.3 is 61.8 Å². The molecule has 0 spiro atoms. The van der Waals surface area contributed by atoms with Crippen molar-refractivity contribution in [2.45, 2.75) is 188 Å². The molecular weight excluding hydrogens is 1690 g/mol. The molecule has 126 heavy (non-hydrogen) atoms. The summed E-state index contributed by atoms with van der Waals surface area (Å²) in [5, 5.41) is 47.2. The zero-order chi connectivity index (χ0) is 90.1. The lowest BCUT2D eigenvalue weighted by Gasteiger charge is -2.36. The lowest BCUT2D eigenvalue weighted by atomic mass is 9.85. The molecule has 16 rings (SSSR count). The second kappa shape index (κ2) is 39.0. The summed E-state index contributed by atoms with van der Waals surface area (Å²) in [4.78, 5) is 153. The van der Waals surface area contributed by atoms with Crippen LogP contribution in [0.5, 0.6) is 11.5 Å². The van der Waals surface area contributed by atoms with Crippen molar-refractivity contribution in [3.63, 3.8) is 0 Å². The zero-order valence-electron chi connectivity index (χ0n) is 71.1. The van der Waals surface area contributed by atoms with E-state index < -0.39 is 162 Å². The first kappa shape index (κ1) is 91.3. The van der Waals surface area contributed by atoms with Crippen LogP contribution in [0, 0.1) is 10.8 Å². The molecule has 0 radical (unpaired) electrons. The SMILES string of the molecule is CN[C@@H](C)C(=O)N[C@H](C(=O)N1C[C@@H]2C[C@H]1C(=O)N[C@@H](Cc1ccc3ccccc3c1)C(=O)N[C@H](C(=O)NS(=O)(=O)c1cccs1)Cc1ccc(cc1)OCc1cn(nn1)[C@H]1C[C@@H](C(=O)N[C@@H](Cc3ccc4ccccc4c3)C(=O)N[C@H](C(=O)NS(=O)(=O)c3cccs3)Cc3ccc(cc3)OCc3cn2nn3)N(C(=O)[C@@H](NC(=O)[C@H](C)NC)C(C)(C)C)C1)C(C)(C)C. The molecule has 2 saturated heterocycles. The monoisotopic (exact) mass is 1790 g/mol. The number of benzene rings is 6. The van der Waals surface area contributed by atoms with Gasteiger partial charge in [0.2, 0.25) is 47.3 Å². The maximum atomic E-state index is 15.6. The van der Waals surface area contributed by atoms with E-state index in [0.717, 1.165) is 44.2 Å². The average molecular weight is 1800 g/mol. The first-order chi connectivity index (χ1) is 60.0. The van der Waals surface area contributed by atoms with E-state index in [2.05, 4.69) is 72.6 Å². The van der Waals surface area contributed by atoms with Gasteiger partial charge in [0.1, 0.15) is 92.9 Å². The maximum absolute atomic E-state index is 15.6. The van der Waals surface area contributed by atoms with Gasteiger partial charge in [0.25, 0.3) is 31.9 Å². The van der Waals surface area contributed by atoms with Gasteiger partial charge in [-0.1, -0.05) is 173 Å².